The molecule has 0 heterocycles. The Balaban J connectivity index is 0.000000292. The fourth-order valence-electron chi connectivity index (χ4n) is 3.50. The first-order valence-corrected chi connectivity index (χ1v) is 9.91. The number of esters is 2. The molecule has 0 amide bonds. The summed E-state index contributed by atoms with van der Waals surface area (Å²) in [7, 11) is 6.41. The first-order valence-electron chi connectivity index (χ1n) is 9.91. The van der Waals surface area contributed by atoms with E-state index in [9.17, 15) is 19.2 Å². The number of ketones is 2. The number of ether oxygens (including phenoxy) is 2. The van der Waals surface area contributed by atoms with Gasteiger partial charge in [0.05, 0.1) is 14.2 Å². The van der Waals surface area contributed by atoms with Crippen molar-refractivity contribution >= 4 is 23.5 Å². The van der Waals surface area contributed by atoms with E-state index in [1.54, 1.807) is 0 Å². The SMILES string of the molecule is COC(=O)C1CCCCC(=CN(C)C)C1=O.COC(=O)C1CCCCCC1=O. The van der Waals surface area contributed by atoms with Gasteiger partial charge in [-0.1, -0.05) is 19.3 Å². The molecule has 0 radical (unpaired) electrons. The average molecular weight is 395 g/mol. The van der Waals surface area contributed by atoms with Crippen molar-refractivity contribution in [2.45, 2.75) is 57.8 Å². The molecule has 7 nitrogen and oxygen atoms in total. The summed E-state index contributed by atoms with van der Waals surface area (Å²) >= 11 is 0. The molecule has 0 aromatic heterocycles. The van der Waals surface area contributed by atoms with Crippen LogP contribution in [-0.4, -0.2) is 56.7 Å². The van der Waals surface area contributed by atoms with Crippen LogP contribution in [0.1, 0.15) is 57.8 Å². The molecular weight excluding hydrogens is 362 g/mol. The predicted octanol–water partition coefficient (Wildman–Crippen LogP) is 2.67. The van der Waals surface area contributed by atoms with E-state index in [1.807, 2.05) is 25.2 Å². The molecule has 0 aromatic carbocycles. The molecule has 0 aliphatic heterocycles. The van der Waals surface area contributed by atoms with Crippen LogP contribution in [-0.2, 0) is 28.7 Å². The molecule has 0 bridgehead atoms. The van der Waals surface area contributed by atoms with Gasteiger partial charge in [0.2, 0.25) is 0 Å². The van der Waals surface area contributed by atoms with Gasteiger partial charge >= 0.3 is 11.9 Å². The smallest absolute Gasteiger partial charge is 0.316 e. The molecule has 2 saturated carbocycles. The number of hydrogen-bond acceptors (Lipinski definition) is 7. The Labute approximate surface area is 167 Å². The molecule has 28 heavy (non-hydrogen) atoms. The van der Waals surface area contributed by atoms with Crippen molar-refractivity contribution < 1.29 is 28.7 Å². The third-order valence-corrected chi connectivity index (χ3v) is 5.01. The summed E-state index contributed by atoms with van der Waals surface area (Å²) in [4.78, 5) is 47.8. The first kappa shape index (κ1) is 23.9. The van der Waals surface area contributed by atoms with Crippen LogP contribution in [0.3, 0.4) is 0 Å². The number of nitrogens with zero attached hydrogens (tertiary/aromatic N) is 1. The molecule has 2 rings (SSSR count). The van der Waals surface area contributed by atoms with E-state index in [-0.39, 0.29) is 17.5 Å². The number of carbonyl (C=O) groups is 4. The van der Waals surface area contributed by atoms with Crippen molar-refractivity contribution in [1.82, 2.24) is 4.90 Å². The third kappa shape index (κ3) is 7.44. The molecule has 0 spiro atoms. The Hall–Kier alpha value is -2.18. The maximum absolute atomic E-state index is 12.1. The zero-order valence-corrected chi connectivity index (χ0v) is 17.5. The van der Waals surface area contributed by atoms with Crippen molar-refractivity contribution in [2.75, 3.05) is 28.3 Å². The topological polar surface area (TPSA) is 90.0 Å². The Bertz CT molecular complexity index is 596. The zero-order chi connectivity index (χ0) is 21.1. The quantitative estimate of drug-likeness (QED) is 0.314. The summed E-state index contributed by atoms with van der Waals surface area (Å²) < 4.78 is 9.22. The van der Waals surface area contributed by atoms with Crippen LogP contribution >= 0.6 is 0 Å². The van der Waals surface area contributed by atoms with Gasteiger partial charge in [0.1, 0.15) is 17.6 Å². The zero-order valence-electron chi connectivity index (χ0n) is 17.5. The second-order valence-corrected chi connectivity index (χ2v) is 7.45. The normalized spacial score (nSPS) is 24.4. The molecule has 0 N–H and O–H groups in total. The van der Waals surface area contributed by atoms with Gasteiger partial charge in [-0.05, 0) is 32.1 Å². The van der Waals surface area contributed by atoms with Gasteiger partial charge < -0.3 is 14.4 Å². The highest BCUT2D eigenvalue weighted by Crippen LogP contribution is 2.25. The van der Waals surface area contributed by atoms with Crippen molar-refractivity contribution in [3.05, 3.63) is 11.8 Å². The van der Waals surface area contributed by atoms with E-state index >= 15 is 0 Å². The number of Topliss-reactive ketones (excluding diaryl/α,β-unsaturated/α-hetero) is 2. The molecule has 2 aliphatic carbocycles. The van der Waals surface area contributed by atoms with Gasteiger partial charge in [0.25, 0.3) is 0 Å². The summed E-state index contributed by atoms with van der Waals surface area (Å²) in [5, 5.41) is 0. The van der Waals surface area contributed by atoms with Crippen molar-refractivity contribution in [3.63, 3.8) is 0 Å². The molecule has 158 valence electrons. The van der Waals surface area contributed by atoms with E-state index in [1.165, 1.54) is 14.2 Å². The first-order chi connectivity index (χ1) is 13.3. The largest absolute Gasteiger partial charge is 0.468 e. The summed E-state index contributed by atoms with van der Waals surface area (Å²) in [6.07, 6.45) is 9.18. The highest BCUT2D eigenvalue weighted by molar-refractivity contribution is 6.08. The molecule has 2 atom stereocenters. The van der Waals surface area contributed by atoms with E-state index in [4.69, 9.17) is 0 Å². The third-order valence-electron chi connectivity index (χ3n) is 5.01. The van der Waals surface area contributed by atoms with E-state index in [0.29, 0.717) is 19.3 Å². The lowest BCUT2D eigenvalue weighted by atomic mass is 9.96. The highest BCUT2D eigenvalue weighted by Gasteiger charge is 2.31. The van der Waals surface area contributed by atoms with Crippen molar-refractivity contribution in [2.24, 2.45) is 11.8 Å². The summed E-state index contributed by atoms with van der Waals surface area (Å²) in [5.41, 5.74) is 0.734. The van der Waals surface area contributed by atoms with Gasteiger partial charge in [-0.2, -0.15) is 0 Å². The van der Waals surface area contributed by atoms with Crippen LogP contribution in [0.25, 0.3) is 0 Å². The minimum absolute atomic E-state index is 0.0550. The molecule has 0 aromatic rings. The maximum Gasteiger partial charge on any atom is 0.316 e. The van der Waals surface area contributed by atoms with E-state index in [2.05, 4.69) is 9.47 Å². The van der Waals surface area contributed by atoms with Gasteiger partial charge in [-0.15, -0.1) is 0 Å². The lowest BCUT2D eigenvalue weighted by Crippen LogP contribution is -2.26. The Morgan fingerprint density at radius 2 is 1.39 bits per heavy atom. The summed E-state index contributed by atoms with van der Waals surface area (Å²) in [6, 6.07) is 0. The molecule has 2 aliphatic rings. The van der Waals surface area contributed by atoms with Crippen molar-refractivity contribution in [3.8, 4) is 0 Å². The number of methoxy groups -OCH3 is 2. The fraction of sp³-hybridized carbons (Fsp3) is 0.714. The Morgan fingerprint density at radius 1 is 0.857 bits per heavy atom. The highest BCUT2D eigenvalue weighted by atomic mass is 16.5. The number of allylic oxidation sites excluding steroid dienone is 1. The van der Waals surface area contributed by atoms with Crippen LogP contribution in [0.5, 0.6) is 0 Å². The van der Waals surface area contributed by atoms with E-state index < -0.39 is 17.8 Å². The van der Waals surface area contributed by atoms with Crippen molar-refractivity contribution in [1.29, 1.82) is 0 Å². The molecular formula is C21H33NO6. The van der Waals surface area contributed by atoms with Gasteiger partial charge in [0.15, 0.2) is 5.78 Å². The Morgan fingerprint density at radius 3 is 2.00 bits per heavy atom. The summed E-state index contributed by atoms with van der Waals surface area (Å²) in [6.45, 7) is 0. The van der Waals surface area contributed by atoms with Crippen LogP contribution in [0.2, 0.25) is 0 Å². The standard InChI is InChI=1S/C12H19NO3.C9H14O3/c1-13(2)8-9-6-4-5-7-10(11(9)14)12(15)16-3;1-12-9(11)7-5-3-2-4-6-8(7)10/h8,10H,4-7H2,1-3H3;7H,2-6H2,1H3. The number of carbonyl (C=O) groups excluding carboxylic acids is 4. The van der Waals surface area contributed by atoms with Crippen LogP contribution in [0.4, 0.5) is 0 Å². The minimum Gasteiger partial charge on any atom is -0.468 e. The van der Waals surface area contributed by atoms with Crippen LogP contribution in [0.15, 0.2) is 11.8 Å². The minimum atomic E-state index is -0.598. The Kier molecular flexibility index (Phi) is 10.5. The molecule has 2 unspecified atom stereocenters. The number of rotatable bonds is 3. The van der Waals surface area contributed by atoms with Gasteiger partial charge in [-0.25, -0.2) is 0 Å². The van der Waals surface area contributed by atoms with Gasteiger partial charge in [0, 0.05) is 32.3 Å². The summed E-state index contributed by atoms with van der Waals surface area (Å²) in [5.74, 6) is -1.85. The lowest BCUT2D eigenvalue weighted by Gasteiger charge is -2.13. The molecule has 0 saturated heterocycles. The lowest BCUT2D eigenvalue weighted by molar-refractivity contribution is -0.150. The predicted molar refractivity (Wildman–Crippen MR) is 104 cm³/mol. The molecule has 7 heteroatoms. The fourth-order valence-corrected chi connectivity index (χ4v) is 3.50. The average Bonchev–Trinajstić information content (AvgIpc) is 2.99. The van der Waals surface area contributed by atoms with Gasteiger partial charge in [-0.3, -0.25) is 19.2 Å². The monoisotopic (exact) mass is 395 g/mol. The second-order valence-electron chi connectivity index (χ2n) is 7.45. The van der Waals surface area contributed by atoms with E-state index in [0.717, 1.165) is 44.1 Å². The van der Waals surface area contributed by atoms with Crippen LogP contribution < -0.4 is 0 Å². The van der Waals surface area contributed by atoms with Crippen LogP contribution in [0, 0.1) is 11.8 Å². The number of hydrogen-bond donors (Lipinski definition) is 0. The molecule has 2 fully saturated rings. The second kappa shape index (κ2) is 12.3. The maximum atomic E-state index is 12.1.